The molecular weight excluding hydrogens is 456 g/mol. The van der Waals surface area contributed by atoms with Crippen LogP contribution in [0.15, 0.2) is 48.5 Å². The molecule has 2 aliphatic rings. The maximum atomic E-state index is 13.0. The molecule has 0 spiro atoms. The number of carbonyl (C=O) groups excluding carboxylic acids is 1. The van der Waals surface area contributed by atoms with Gasteiger partial charge in [-0.05, 0) is 81.6 Å². The van der Waals surface area contributed by atoms with Crippen LogP contribution in [0.5, 0.6) is 0 Å². The summed E-state index contributed by atoms with van der Waals surface area (Å²) < 4.78 is 0. The number of hydrogen-bond donors (Lipinski definition) is 1. The van der Waals surface area contributed by atoms with Crippen LogP contribution in [-0.2, 0) is 4.79 Å². The Morgan fingerprint density at radius 1 is 1.06 bits per heavy atom. The summed E-state index contributed by atoms with van der Waals surface area (Å²) in [6, 6.07) is 14.6. The Hall–Kier alpha value is -2.50. The molecule has 2 aromatic carbocycles. The fourth-order valence-corrected chi connectivity index (χ4v) is 5.50. The van der Waals surface area contributed by atoms with Gasteiger partial charge in [0.15, 0.2) is 0 Å². The van der Waals surface area contributed by atoms with Gasteiger partial charge < -0.3 is 15.1 Å². The molecule has 1 N–H and O–H groups in total. The Labute approximate surface area is 215 Å². The smallest absolute Gasteiger partial charge is 0.229 e. The first kappa shape index (κ1) is 25.6. The van der Waals surface area contributed by atoms with Gasteiger partial charge in [-0.25, -0.2) is 0 Å². The lowest BCUT2D eigenvalue weighted by atomic mass is 10.0. The van der Waals surface area contributed by atoms with Crippen molar-refractivity contribution in [1.82, 2.24) is 15.1 Å². The van der Waals surface area contributed by atoms with Crippen LogP contribution in [0.25, 0.3) is 5.70 Å². The molecule has 4 rings (SSSR count). The Morgan fingerprint density at radius 2 is 1.77 bits per heavy atom. The standard InChI is InChI=1S/C29H39ClN4O/c1-5-34-23(4)26(20-28(34)24-10-12-25(30)13-11-24)29(35)31-14-7-15-32-16-18-33(19-17-32)27-9-6-8-21(2)22(27)3/h6,8-13,20,23,26H,5,7,14-19H2,1-4H3,(H,31,35). The molecule has 0 radical (unpaired) electrons. The lowest BCUT2D eigenvalue weighted by Crippen LogP contribution is -2.47. The van der Waals surface area contributed by atoms with Crippen LogP contribution in [0.3, 0.4) is 0 Å². The molecule has 1 saturated heterocycles. The molecule has 0 saturated carbocycles. The number of piperazine rings is 1. The highest BCUT2D eigenvalue weighted by molar-refractivity contribution is 6.30. The van der Waals surface area contributed by atoms with Crippen molar-refractivity contribution in [3.63, 3.8) is 0 Å². The molecular formula is C29H39ClN4O. The van der Waals surface area contributed by atoms with E-state index in [2.05, 4.69) is 72.0 Å². The molecule has 5 nitrogen and oxygen atoms in total. The third-order valence-electron chi connectivity index (χ3n) is 7.68. The second kappa shape index (κ2) is 11.5. The minimum Gasteiger partial charge on any atom is -0.369 e. The van der Waals surface area contributed by atoms with Crippen molar-refractivity contribution >= 4 is 28.9 Å². The molecule has 0 aliphatic carbocycles. The number of carbonyl (C=O) groups is 1. The number of benzene rings is 2. The number of rotatable bonds is 8. The third-order valence-corrected chi connectivity index (χ3v) is 7.93. The fourth-order valence-electron chi connectivity index (χ4n) is 5.38. The molecule has 6 heteroatoms. The van der Waals surface area contributed by atoms with E-state index in [1.54, 1.807) is 0 Å². The molecule has 2 aromatic rings. The highest BCUT2D eigenvalue weighted by Gasteiger charge is 2.35. The number of anilines is 1. The predicted octanol–water partition coefficient (Wildman–Crippen LogP) is 4.97. The zero-order chi connectivity index (χ0) is 24.9. The summed E-state index contributed by atoms with van der Waals surface area (Å²) in [6.07, 6.45) is 3.10. The highest BCUT2D eigenvalue weighted by Crippen LogP contribution is 2.34. The summed E-state index contributed by atoms with van der Waals surface area (Å²) in [6.45, 7) is 15.5. The first-order valence-corrected chi connectivity index (χ1v) is 13.3. The first-order valence-electron chi connectivity index (χ1n) is 12.9. The van der Waals surface area contributed by atoms with Crippen molar-refractivity contribution < 1.29 is 4.79 Å². The van der Waals surface area contributed by atoms with Gasteiger partial charge >= 0.3 is 0 Å². The maximum Gasteiger partial charge on any atom is 0.229 e. The van der Waals surface area contributed by atoms with Crippen LogP contribution in [0.4, 0.5) is 5.69 Å². The number of nitrogens with zero attached hydrogens (tertiary/aromatic N) is 3. The van der Waals surface area contributed by atoms with Crippen LogP contribution in [0, 0.1) is 19.8 Å². The lowest BCUT2D eigenvalue weighted by Gasteiger charge is -2.37. The molecule has 188 valence electrons. The number of hydrogen-bond acceptors (Lipinski definition) is 4. The molecule has 2 atom stereocenters. The Balaban J connectivity index is 1.24. The van der Waals surface area contributed by atoms with Gasteiger partial charge in [-0.1, -0.05) is 35.9 Å². The summed E-state index contributed by atoms with van der Waals surface area (Å²) in [7, 11) is 0. The van der Waals surface area contributed by atoms with Crippen molar-refractivity contribution in [3.05, 3.63) is 70.3 Å². The minimum absolute atomic E-state index is 0.125. The van der Waals surface area contributed by atoms with Gasteiger partial charge in [-0.2, -0.15) is 0 Å². The topological polar surface area (TPSA) is 38.8 Å². The van der Waals surface area contributed by atoms with Gasteiger partial charge in [0.1, 0.15) is 0 Å². The number of halogens is 1. The predicted molar refractivity (Wildman–Crippen MR) is 147 cm³/mol. The molecule has 1 fully saturated rings. The zero-order valence-corrected chi connectivity index (χ0v) is 22.3. The molecule has 0 aromatic heterocycles. The average molecular weight is 495 g/mol. The Kier molecular flexibility index (Phi) is 8.40. The Bertz CT molecular complexity index is 1040. The first-order chi connectivity index (χ1) is 16.9. The van der Waals surface area contributed by atoms with Crippen molar-refractivity contribution in [2.45, 2.75) is 40.2 Å². The van der Waals surface area contributed by atoms with E-state index in [9.17, 15) is 4.79 Å². The second-order valence-corrected chi connectivity index (χ2v) is 10.2. The lowest BCUT2D eigenvalue weighted by molar-refractivity contribution is -0.124. The van der Waals surface area contributed by atoms with Crippen LogP contribution < -0.4 is 10.2 Å². The summed E-state index contributed by atoms with van der Waals surface area (Å²) in [5, 5.41) is 3.93. The van der Waals surface area contributed by atoms with E-state index in [-0.39, 0.29) is 17.9 Å². The van der Waals surface area contributed by atoms with Crippen LogP contribution in [0.1, 0.15) is 37.0 Å². The molecule has 35 heavy (non-hydrogen) atoms. The SMILES string of the molecule is CCN1C(c2ccc(Cl)cc2)=CC(C(=O)NCCCN2CCN(c3cccc(C)c3C)CC2)C1C. The summed E-state index contributed by atoms with van der Waals surface area (Å²) in [4.78, 5) is 20.4. The van der Waals surface area contributed by atoms with E-state index >= 15 is 0 Å². The maximum absolute atomic E-state index is 13.0. The van der Waals surface area contributed by atoms with Gasteiger partial charge in [0.2, 0.25) is 5.91 Å². The van der Waals surface area contributed by atoms with E-state index in [4.69, 9.17) is 11.6 Å². The van der Waals surface area contributed by atoms with E-state index in [1.807, 2.05) is 24.3 Å². The quantitative estimate of drug-likeness (QED) is 0.526. The van der Waals surface area contributed by atoms with E-state index in [0.29, 0.717) is 0 Å². The monoisotopic (exact) mass is 494 g/mol. The second-order valence-electron chi connectivity index (χ2n) is 9.80. The average Bonchev–Trinajstić information content (AvgIpc) is 3.20. The highest BCUT2D eigenvalue weighted by atomic mass is 35.5. The molecule has 2 aliphatic heterocycles. The van der Waals surface area contributed by atoms with Crippen molar-refractivity contribution in [2.24, 2.45) is 5.92 Å². The van der Waals surface area contributed by atoms with Gasteiger partial charge in [-0.15, -0.1) is 0 Å². The number of amides is 1. The summed E-state index contributed by atoms with van der Waals surface area (Å²) >= 11 is 6.07. The van der Waals surface area contributed by atoms with Gasteiger partial charge in [0, 0.05) is 61.7 Å². The van der Waals surface area contributed by atoms with Crippen molar-refractivity contribution in [2.75, 3.05) is 50.7 Å². The van der Waals surface area contributed by atoms with Crippen LogP contribution in [-0.4, -0.2) is 67.6 Å². The minimum atomic E-state index is -0.137. The molecule has 2 heterocycles. The largest absolute Gasteiger partial charge is 0.369 e. The summed E-state index contributed by atoms with van der Waals surface area (Å²) in [5.74, 6) is -0.0126. The molecule has 1 amide bonds. The van der Waals surface area contributed by atoms with E-state index < -0.39 is 0 Å². The van der Waals surface area contributed by atoms with Crippen molar-refractivity contribution in [1.29, 1.82) is 0 Å². The number of aryl methyl sites for hydroxylation is 1. The van der Waals surface area contributed by atoms with Crippen molar-refractivity contribution in [3.8, 4) is 0 Å². The molecule has 2 unspecified atom stereocenters. The number of nitrogens with one attached hydrogen (secondary N) is 1. The van der Waals surface area contributed by atoms with Crippen LogP contribution >= 0.6 is 11.6 Å². The van der Waals surface area contributed by atoms with E-state index in [0.717, 1.165) is 68.5 Å². The normalized spacial score (nSPS) is 20.8. The van der Waals surface area contributed by atoms with Gasteiger partial charge in [0.05, 0.1) is 5.92 Å². The third kappa shape index (κ3) is 5.84. The zero-order valence-electron chi connectivity index (χ0n) is 21.6. The Morgan fingerprint density at radius 3 is 2.46 bits per heavy atom. The fraction of sp³-hybridized carbons (Fsp3) is 0.483. The van der Waals surface area contributed by atoms with Gasteiger partial charge in [0.25, 0.3) is 0 Å². The van der Waals surface area contributed by atoms with Crippen LogP contribution in [0.2, 0.25) is 5.02 Å². The summed E-state index contributed by atoms with van der Waals surface area (Å²) in [5.41, 5.74) is 6.35. The van der Waals surface area contributed by atoms with E-state index in [1.165, 1.54) is 16.8 Å². The molecule has 0 bridgehead atoms. The van der Waals surface area contributed by atoms with Gasteiger partial charge in [-0.3, -0.25) is 9.69 Å².